The number of benzene rings is 1. The number of nitrogens with zero attached hydrogens (tertiary/aromatic N) is 1. The summed E-state index contributed by atoms with van der Waals surface area (Å²) in [6, 6.07) is 6.89. The van der Waals surface area contributed by atoms with E-state index < -0.39 is 0 Å². The Morgan fingerprint density at radius 2 is 2.00 bits per heavy atom. The quantitative estimate of drug-likeness (QED) is 0.718. The third kappa shape index (κ3) is 2.05. The molecule has 2 aliphatic rings. The summed E-state index contributed by atoms with van der Waals surface area (Å²) in [5.41, 5.74) is 4.49. The molecule has 0 radical (unpaired) electrons. The summed E-state index contributed by atoms with van der Waals surface area (Å²) in [5, 5.41) is 2.09. The maximum Gasteiger partial charge on any atom is 0.0564 e. The van der Waals surface area contributed by atoms with Crippen LogP contribution < -0.4 is 10.9 Å². The maximum atomic E-state index is 6.53. The average molecular weight is 272 g/mol. The van der Waals surface area contributed by atoms with E-state index in [4.69, 9.17) is 5.84 Å². The van der Waals surface area contributed by atoms with Crippen molar-refractivity contribution in [3.63, 3.8) is 0 Å². The van der Waals surface area contributed by atoms with Gasteiger partial charge >= 0.3 is 0 Å². The van der Waals surface area contributed by atoms with Crippen LogP contribution in [0.15, 0.2) is 18.2 Å². The van der Waals surface area contributed by atoms with E-state index in [-0.39, 0.29) is 11.0 Å². The fraction of sp³-hybridized carbons (Fsp3) is 0.667. The van der Waals surface area contributed by atoms with Gasteiger partial charge in [-0.05, 0) is 54.7 Å². The second kappa shape index (κ2) is 4.49. The predicted molar refractivity (Wildman–Crippen MR) is 85.9 cm³/mol. The minimum Gasteiger partial charge on any atom is -0.305 e. The van der Waals surface area contributed by atoms with Crippen molar-refractivity contribution in [3.8, 4) is 0 Å². The molecule has 0 amide bonds. The number of fused-ring (bicyclic) bond motifs is 2. The van der Waals surface area contributed by atoms with Crippen molar-refractivity contribution in [1.82, 2.24) is 0 Å². The van der Waals surface area contributed by atoms with Crippen molar-refractivity contribution < 1.29 is 0 Å². The smallest absolute Gasteiger partial charge is 0.0564 e. The summed E-state index contributed by atoms with van der Waals surface area (Å²) in [6.07, 6.45) is 6.43. The maximum absolute atomic E-state index is 6.53. The number of hydrogen-bond acceptors (Lipinski definition) is 2. The lowest BCUT2D eigenvalue weighted by atomic mass is 9.68. The van der Waals surface area contributed by atoms with E-state index >= 15 is 0 Å². The summed E-state index contributed by atoms with van der Waals surface area (Å²) < 4.78 is 0. The molecule has 2 unspecified atom stereocenters. The molecule has 1 saturated carbocycles. The van der Waals surface area contributed by atoms with E-state index in [1.54, 1.807) is 0 Å². The Labute approximate surface area is 123 Å². The van der Waals surface area contributed by atoms with Gasteiger partial charge < -0.3 is 5.01 Å². The molecule has 0 aromatic heterocycles. The van der Waals surface area contributed by atoms with Crippen LogP contribution in [0.2, 0.25) is 0 Å². The van der Waals surface area contributed by atoms with Crippen LogP contribution in [0.1, 0.15) is 64.5 Å². The Hall–Kier alpha value is -1.02. The molecular weight excluding hydrogens is 244 g/mol. The lowest BCUT2D eigenvalue weighted by Crippen LogP contribution is -2.60. The van der Waals surface area contributed by atoms with E-state index in [1.165, 1.54) is 48.9 Å². The zero-order chi connectivity index (χ0) is 14.5. The first-order chi connectivity index (χ1) is 9.32. The molecule has 1 aromatic carbocycles. The van der Waals surface area contributed by atoms with E-state index in [0.717, 1.165) is 0 Å². The molecule has 2 N–H and O–H groups in total. The predicted octanol–water partition coefficient (Wildman–Crippen LogP) is 4.17. The molecule has 1 fully saturated rings. The molecule has 1 aliphatic carbocycles. The highest BCUT2D eigenvalue weighted by Gasteiger charge is 2.44. The molecule has 20 heavy (non-hydrogen) atoms. The molecule has 110 valence electrons. The largest absolute Gasteiger partial charge is 0.305 e. The van der Waals surface area contributed by atoms with Crippen molar-refractivity contribution in [1.29, 1.82) is 0 Å². The van der Waals surface area contributed by atoms with Crippen molar-refractivity contribution in [2.75, 3.05) is 5.01 Å². The van der Waals surface area contributed by atoms with Crippen LogP contribution in [-0.4, -0.2) is 5.54 Å². The van der Waals surface area contributed by atoms with Crippen LogP contribution in [0.3, 0.4) is 0 Å². The van der Waals surface area contributed by atoms with Crippen LogP contribution in [0.4, 0.5) is 5.69 Å². The first-order valence-electron chi connectivity index (χ1n) is 8.01. The molecule has 0 spiro atoms. The highest BCUT2D eigenvalue weighted by molar-refractivity contribution is 5.59. The number of hydrogen-bond donors (Lipinski definition) is 1. The normalized spacial score (nSPS) is 29.9. The van der Waals surface area contributed by atoms with E-state index in [2.05, 4.69) is 50.9 Å². The Balaban J connectivity index is 2.03. The summed E-state index contributed by atoms with van der Waals surface area (Å²) in [6.45, 7) is 9.20. The van der Waals surface area contributed by atoms with Gasteiger partial charge in [0.25, 0.3) is 0 Å². The van der Waals surface area contributed by atoms with Crippen LogP contribution in [0.5, 0.6) is 0 Å². The van der Waals surface area contributed by atoms with Gasteiger partial charge in [0, 0.05) is 0 Å². The summed E-state index contributed by atoms with van der Waals surface area (Å²) in [7, 11) is 0. The molecule has 0 bridgehead atoms. The van der Waals surface area contributed by atoms with Gasteiger partial charge in [-0.1, -0.05) is 45.7 Å². The van der Waals surface area contributed by atoms with E-state index in [9.17, 15) is 0 Å². The van der Waals surface area contributed by atoms with Gasteiger partial charge in [-0.2, -0.15) is 0 Å². The van der Waals surface area contributed by atoms with Gasteiger partial charge in [0.1, 0.15) is 0 Å². The Bertz CT molecular complexity index is 515. The molecule has 2 nitrogen and oxygen atoms in total. The monoisotopic (exact) mass is 272 g/mol. The summed E-state index contributed by atoms with van der Waals surface area (Å²) in [5.74, 6) is 7.24. The number of anilines is 1. The van der Waals surface area contributed by atoms with Crippen molar-refractivity contribution in [2.24, 2.45) is 11.8 Å². The SMILES string of the molecule is CC(C)(C)c1ccc2c(c1)CC1CCCCC1(C)N2N. The van der Waals surface area contributed by atoms with E-state index in [0.29, 0.717) is 5.92 Å². The fourth-order valence-corrected chi connectivity index (χ4v) is 4.02. The van der Waals surface area contributed by atoms with Gasteiger partial charge in [-0.25, -0.2) is 5.84 Å². The topological polar surface area (TPSA) is 29.3 Å². The van der Waals surface area contributed by atoms with Crippen molar-refractivity contribution >= 4 is 5.69 Å². The second-order valence-corrected chi connectivity index (χ2v) is 7.97. The fourth-order valence-electron chi connectivity index (χ4n) is 4.02. The van der Waals surface area contributed by atoms with Crippen LogP contribution in [0, 0.1) is 5.92 Å². The van der Waals surface area contributed by atoms with Crippen LogP contribution >= 0.6 is 0 Å². The van der Waals surface area contributed by atoms with Gasteiger partial charge in [0.05, 0.1) is 11.2 Å². The van der Waals surface area contributed by atoms with Crippen molar-refractivity contribution in [3.05, 3.63) is 29.3 Å². The Morgan fingerprint density at radius 3 is 2.70 bits per heavy atom. The molecular formula is C18H28N2. The highest BCUT2D eigenvalue weighted by Crippen LogP contribution is 2.46. The molecule has 1 heterocycles. The Kier molecular flexibility index (Phi) is 3.13. The Morgan fingerprint density at radius 1 is 1.25 bits per heavy atom. The van der Waals surface area contributed by atoms with Crippen LogP contribution in [-0.2, 0) is 11.8 Å². The van der Waals surface area contributed by atoms with E-state index in [1.807, 2.05) is 0 Å². The zero-order valence-electron chi connectivity index (χ0n) is 13.4. The van der Waals surface area contributed by atoms with Gasteiger partial charge in [0.2, 0.25) is 0 Å². The standard InChI is InChI=1S/C18H28N2/c1-17(2,3)14-8-9-16-13(11-14)12-15-7-5-6-10-18(15,4)20(16)19/h8-9,11,15H,5-7,10,12,19H2,1-4H3. The van der Waals surface area contributed by atoms with Gasteiger partial charge in [0.15, 0.2) is 0 Å². The molecule has 1 aromatic rings. The highest BCUT2D eigenvalue weighted by atomic mass is 15.5. The summed E-state index contributed by atoms with van der Waals surface area (Å²) >= 11 is 0. The molecule has 1 aliphatic heterocycles. The molecule has 2 heteroatoms. The third-order valence-corrected chi connectivity index (χ3v) is 5.59. The minimum atomic E-state index is 0.161. The van der Waals surface area contributed by atoms with Gasteiger partial charge in [-0.15, -0.1) is 0 Å². The number of hydrazine groups is 1. The second-order valence-electron chi connectivity index (χ2n) is 7.97. The number of rotatable bonds is 0. The summed E-state index contributed by atoms with van der Waals surface area (Å²) in [4.78, 5) is 0. The zero-order valence-corrected chi connectivity index (χ0v) is 13.4. The lowest BCUT2D eigenvalue weighted by molar-refractivity contribution is 0.182. The number of nitrogens with two attached hydrogens (primary N) is 1. The molecule has 2 atom stereocenters. The lowest BCUT2D eigenvalue weighted by Gasteiger charge is -2.52. The molecule has 0 saturated heterocycles. The van der Waals surface area contributed by atoms with Gasteiger partial charge in [-0.3, -0.25) is 0 Å². The molecule has 3 rings (SSSR count). The van der Waals surface area contributed by atoms with Crippen LogP contribution in [0.25, 0.3) is 0 Å². The first-order valence-corrected chi connectivity index (χ1v) is 8.01. The third-order valence-electron chi connectivity index (χ3n) is 5.59. The minimum absolute atomic E-state index is 0.161. The average Bonchev–Trinajstić information content (AvgIpc) is 2.39. The first kappa shape index (κ1) is 13.9. The van der Waals surface area contributed by atoms with Crippen molar-refractivity contribution in [2.45, 2.75) is 70.8 Å².